The lowest BCUT2D eigenvalue weighted by molar-refractivity contribution is -0.158. The molecule has 0 aromatic rings. The van der Waals surface area contributed by atoms with E-state index in [-0.39, 0.29) is 11.7 Å². The third kappa shape index (κ3) is 2.31. The highest BCUT2D eigenvalue weighted by molar-refractivity contribution is 5.01. The predicted molar refractivity (Wildman–Crippen MR) is 75.6 cm³/mol. The Morgan fingerprint density at radius 2 is 1.60 bits per heavy atom. The number of nitrogens with zero attached hydrogens (tertiary/aromatic N) is 1. The quantitative estimate of drug-likeness (QED) is 0.794. The number of fused-ring (bicyclic) bond motifs is 2. The van der Waals surface area contributed by atoms with Crippen LogP contribution < -0.4 is 0 Å². The summed E-state index contributed by atoms with van der Waals surface area (Å²) in [5, 5.41) is 9.98. The van der Waals surface area contributed by atoms with Crippen molar-refractivity contribution < 1.29 is 14.6 Å². The average Bonchev–Trinajstić information content (AvgIpc) is 2.72. The second kappa shape index (κ2) is 5.24. The van der Waals surface area contributed by atoms with E-state index in [4.69, 9.17) is 9.47 Å². The number of aliphatic hydroxyl groups excluding tert-OH is 1. The van der Waals surface area contributed by atoms with Gasteiger partial charge in [0, 0.05) is 37.9 Å². The number of rotatable bonds is 1. The van der Waals surface area contributed by atoms with Crippen molar-refractivity contribution in [3.05, 3.63) is 0 Å². The fourth-order valence-electron chi connectivity index (χ4n) is 5.13. The van der Waals surface area contributed by atoms with Crippen molar-refractivity contribution in [1.29, 1.82) is 0 Å². The topological polar surface area (TPSA) is 41.9 Å². The SMILES string of the molecule is OC1CC2CCC(C1)N2C1CCOC2(CCOCC2)C1. The van der Waals surface area contributed by atoms with Gasteiger partial charge in [0.15, 0.2) is 0 Å². The highest BCUT2D eigenvalue weighted by atomic mass is 16.5. The first-order valence-electron chi connectivity index (χ1n) is 8.43. The molecular formula is C16H27NO3. The van der Waals surface area contributed by atoms with Gasteiger partial charge in [-0.05, 0) is 51.4 Å². The zero-order valence-electron chi connectivity index (χ0n) is 12.3. The number of hydrogen-bond donors (Lipinski definition) is 1. The van der Waals surface area contributed by atoms with Gasteiger partial charge in [-0.25, -0.2) is 0 Å². The van der Waals surface area contributed by atoms with Crippen LogP contribution in [-0.4, -0.2) is 59.7 Å². The van der Waals surface area contributed by atoms with E-state index in [9.17, 15) is 5.11 Å². The van der Waals surface area contributed by atoms with Gasteiger partial charge in [0.25, 0.3) is 0 Å². The molecule has 0 aromatic heterocycles. The van der Waals surface area contributed by atoms with Gasteiger partial charge >= 0.3 is 0 Å². The van der Waals surface area contributed by atoms with Gasteiger partial charge in [0.1, 0.15) is 0 Å². The van der Waals surface area contributed by atoms with E-state index in [1.807, 2.05) is 0 Å². The molecule has 4 saturated heterocycles. The molecule has 0 amide bonds. The largest absolute Gasteiger partial charge is 0.393 e. The highest BCUT2D eigenvalue weighted by Gasteiger charge is 2.47. The monoisotopic (exact) mass is 281 g/mol. The number of aliphatic hydroxyl groups is 1. The van der Waals surface area contributed by atoms with Crippen molar-refractivity contribution in [1.82, 2.24) is 4.90 Å². The maximum Gasteiger partial charge on any atom is 0.0741 e. The summed E-state index contributed by atoms with van der Waals surface area (Å²) in [4.78, 5) is 2.77. The zero-order chi connectivity index (χ0) is 13.6. The van der Waals surface area contributed by atoms with Crippen LogP contribution in [0.3, 0.4) is 0 Å². The molecule has 3 atom stereocenters. The first-order chi connectivity index (χ1) is 9.76. The molecule has 0 radical (unpaired) electrons. The second-order valence-electron chi connectivity index (χ2n) is 7.25. The molecule has 0 aromatic carbocycles. The first kappa shape index (κ1) is 13.5. The first-order valence-corrected chi connectivity index (χ1v) is 8.43. The third-order valence-corrected chi connectivity index (χ3v) is 6.06. The maximum absolute atomic E-state index is 9.98. The third-order valence-electron chi connectivity index (χ3n) is 6.06. The summed E-state index contributed by atoms with van der Waals surface area (Å²) in [6.45, 7) is 2.62. The number of piperidine rings is 1. The van der Waals surface area contributed by atoms with Crippen molar-refractivity contribution in [2.24, 2.45) is 0 Å². The Labute approximate surface area is 121 Å². The fraction of sp³-hybridized carbons (Fsp3) is 1.00. The van der Waals surface area contributed by atoms with Crippen LogP contribution in [0.4, 0.5) is 0 Å². The molecule has 4 aliphatic heterocycles. The van der Waals surface area contributed by atoms with Crippen molar-refractivity contribution in [2.75, 3.05) is 19.8 Å². The van der Waals surface area contributed by atoms with Crippen molar-refractivity contribution in [2.45, 2.75) is 81.2 Å². The summed E-state index contributed by atoms with van der Waals surface area (Å²) < 4.78 is 11.7. The van der Waals surface area contributed by atoms with E-state index in [2.05, 4.69) is 4.90 Å². The van der Waals surface area contributed by atoms with Crippen LogP contribution in [0.5, 0.6) is 0 Å². The molecule has 4 heteroatoms. The number of hydrogen-bond acceptors (Lipinski definition) is 4. The van der Waals surface area contributed by atoms with Crippen LogP contribution in [0.15, 0.2) is 0 Å². The van der Waals surface area contributed by atoms with E-state index in [1.54, 1.807) is 0 Å². The molecule has 1 N–H and O–H groups in total. The van der Waals surface area contributed by atoms with Crippen LogP contribution in [0.1, 0.15) is 51.4 Å². The van der Waals surface area contributed by atoms with Gasteiger partial charge in [-0.15, -0.1) is 0 Å². The molecule has 0 saturated carbocycles. The Morgan fingerprint density at radius 3 is 2.30 bits per heavy atom. The lowest BCUT2D eigenvalue weighted by Gasteiger charge is -2.50. The predicted octanol–water partition coefficient (Wildman–Crippen LogP) is 1.70. The Kier molecular flexibility index (Phi) is 3.53. The van der Waals surface area contributed by atoms with Crippen LogP contribution in [0.25, 0.3) is 0 Å². The number of ether oxygens (including phenoxy) is 2. The molecule has 4 fully saturated rings. The molecule has 4 heterocycles. The molecule has 20 heavy (non-hydrogen) atoms. The van der Waals surface area contributed by atoms with Gasteiger partial charge < -0.3 is 14.6 Å². The van der Waals surface area contributed by atoms with Gasteiger partial charge in [-0.1, -0.05) is 0 Å². The van der Waals surface area contributed by atoms with Gasteiger partial charge in [-0.2, -0.15) is 0 Å². The molecule has 0 aliphatic carbocycles. The minimum absolute atomic E-state index is 0.0550. The van der Waals surface area contributed by atoms with E-state index in [1.165, 1.54) is 25.7 Å². The van der Waals surface area contributed by atoms with Crippen molar-refractivity contribution in [3.8, 4) is 0 Å². The summed E-state index contributed by atoms with van der Waals surface area (Å²) in [6, 6.07) is 1.93. The fourth-order valence-corrected chi connectivity index (χ4v) is 5.13. The average molecular weight is 281 g/mol. The lowest BCUT2D eigenvalue weighted by Crippen LogP contribution is -2.56. The van der Waals surface area contributed by atoms with E-state index >= 15 is 0 Å². The standard InChI is InChI=1S/C16H27NO3/c18-15-9-12-1-2-13(10-15)17(12)14-3-6-20-16(11-14)4-7-19-8-5-16/h12-15,18H,1-11H2. The summed E-state index contributed by atoms with van der Waals surface area (Å²) in [6.07, 6.45) is 8.98. The normalized spacial score (nSPS) is 44.9. The minimum atomic E-state index is -0.0550. The van der Waals surface area contributed by atoms with Crippen LogP contribution >= 0.6 is 0 Å². The smallest absolute Gasteiger partial charge is 0.0741 e. The molecule has 1 spiro atoms. The van der Waals surface area contributed by atoms with Gasteiger partial charge in [0.2, 0.25) is 0 Å². The van der Waals surface area contributed by atoms with Crippen molar-refractivity contribution in [3.63, 3.8) is 0 Å². The van der Waals surface area contributed by atoms with E-state index in [0.29, 0.717) is 18.1 Å². The zero-order valence-corrected chi connectivity index (χ0v) is 12.3. The van der Waals surface area contributed by atoms with Crippen LogP contribution in [-0.2, 0) is 9.47 Å². The van der Waals surface area contributed by atoms with E-state index < -0.39 is 0 Å². The Bertz CT molecular complexity index is 336. The summed E-state index contributed by atoms with van der Waals surface area (Å²) >= 11 is 0. The van der Waals surface area contributed by atoms with Crippen LogP contribution in [0, 0.1) is 0 Å². The minimum Gasteiger partial charge on any atom is -0.393 e. The van der Waals surface area contributed by atoms with Crippen LogP contribution in [0.2, 0.25) is 0 Å². The second-order valence-corrected chi connectivity index (χ2v) is 7.25. The molecule has 4 rings (SSSR count). The molecule has 2 bridgehead atoms. The van der Waals surface area contributed by atoms with E-state index in [0.717, 1.165) is 45.5 Å². The van der Waals surface area contributed by atoms with Crippen molar-refractivity contribution >= 4 is 0 Å². The van der Waals surface area contributed by atoms with Gasteiger partial charge in [-0.3, -0.25) is 4.90 Å². The molecule has 4 nitrogen and oxygen atoms in total. The molecule has 3 unspecified atom stereocenters. The summed E-state index contributed by atoms with van der Waals surface area (Å²) in [5.74, 6) is 0. The Hall–Kier alpha value is -0.160. The summed E-state index contributed by atoms with van der Waals surface area (Å²) in [5.41, 5.74) is 0.0939. The lowest BCUT2D eigenvalue weighted by atomic mass is 9.82. The Morgan fingerprint density at radius 1 is 0.900 bits per heavy atom. The Balaban J connectivity index is 1.48. The highest BCUT2D eigenvalue weighted by Crippen LogP contribution is 2.43. The maximum atomic E-state index is 9.98. The molecular weight excluding hydrogens is 254 g/mol. The molecule has 4 aliphatic rings. The summed E-state index contributed by atoms with van der Waals surface area (Å²) in [7, 11) is 0. The molecule has 114 valence electrons. The van der Waals surface area contributed by atoms with Gasteiger partial charge in [0.05, 0.1) is 11.7 Å².